The molecule has 0 aromatic carbocycles. The first-order valence-corrected chi connectivity index (χ1v) is 7.04. The van der Waals surface area contributed by atoms with Crippen molar-refractivity contribution in [3.05, 3.63) is 0 Å². The molecule has 0 aromatic rings. The zero-order chi connectivity index (χ0) is 14.3. The van der Waals surface area contributed by atoms with E-state index in [-0.39, 0.29) is 11.5 Å². The SMILES string of the molecule is CC(C)(C)OC(=O)N1CCC2(CCC(F)C2O)CC1. The van der Waals surface area contributed by atoms with Crippen molar-refractivity contribution >= 4 is 6.09 Å². The Labute approximate surface area is 113 Å². The molecular formula is C14H24FNO3. The summed E-state index contributed by atoms with van der Waals surface area (Å²) in [5.41, 5.74) is -0.818. The summed E-state index contributed by atoms with van der Waals surface area (Å²) in [6.45, 7) is 6.59. The van der Waals surface area contributed by atoms with E-state index in [4.69, 9.17) is 4.74 Å². The largest absolute Gasteiger partial charge is 0.444 e. The van der Waals surface area contributed by atoms with Crippen LogP contribution in [-0.4, -0.2) is 47.1 Å². The third kappa shape index (κ3) is 3.02. The first-order chi connectivity index (χ1) is 8.73. The predicted octanol–water partition coefficient (Wildman–Crippen LogP) is 2.50. The summed E-state index contributed by atoms with van der Waals surface area (Å²) in [4.78, 5) is 13.6. The fourth-order valence-electron chi connectivity index (χ4n) is 3.12. The van der Waals surface area contributed by atoms with Crippen LogP contribution < -0.4 is 0 Å². The molecule has 0 bridgehead atoms. The van der Waals surface area contributed by atoms with Crippen LogP contribution in [0, 0.1) is 5.41 Å². The second kappa shape index (κ2) is 4.93. The molecule has 4 nitrogen and oxygen atoms in total. The molecule has 1 N–H and O–H groups in total. The van der Waals surface area contributed by atoms with Gasteiger partial charge in [0.25, 0.3) is 0 Å². The number of nitrogens with zero attached hydrogens (tertiary/aromatic N) is 1. The number of carbonyl (C=O) groups excluding carboxylic acids is 1. The number of hydrogen-bond donors (Lipinski definition) is 1. The maximum Gasteiger partial charge on any atom is 0.410 e. The van der Waals surface area contributed by atoms with Crippen LogP contribution in [0.15, 0.2) is 0 Å². The smallest absolute Gasteiger partial charge is 0.410 e. The molecule has 5 heteroatoms. The minimum atomic E-state index is -1.10. The molecule has 2 unspecified atom stereocenters. The lowest BCUT2D eigenvalue weighted by molar-refractivity contribution is -0.0345. The van der Waals surface area contributed by atoms with Crippen LogP contribution in [0.5, 0.6) is 0 Å². The van der Waals surface area contributed by atoms with Gasteiger partial charge in [0.1, 0.15) is 11.8 Å². The number of ether oxygens (including phenoxy) is 1. The fourth-order valence-corrected chi connectivity index (χ4v) is 3.12. The van der Waals surface area contributed by atoms with Gasteiger partial charge in [-0.2, -0.15) is 0 Å². The van der Waals surface area contributed by atoms with E-state index in [1.54, 1.807) is 4.90 Å². The number of halogens is 1. The average molecular weight is 273 g/mol. The molecule has 1 saturated carbocycles. The van der Waals surface area contributed by atoms with Crippen LogP contribution in [0.1, 0.15) is 46.5 Å². The van der Waals surface area contributed by atoms with Gasteiger partial charge in [0.2, 0.25) is 0 Å². The highest BCUT2D eigenvalue weighted by molar-refractivity contribution is 5.68. The van der Waals surface area contributed by atoms with Crippen molar-refractivity contribution in [3.63, 3.8) is 0 Å². The Morgan fingerprint density at radius 2 is 1.89 bits per heavy atom. The lowest BCUT2D eigenvalue weighted by Crippen LogP contribution is -2.48. The zero-order valence-corrected chi connectivity index (χ0v) is 12.0. The van der Waals surface area contributed by atoms with E-state index in [9.17, 15) is 14.3 Å². The molecular weight excluding hydrogens is 249 g/mol. The Morgan fingerprint density at radius 3 is 2.32 bits per heavy atom. The summed E-state index contributed by atoms with van der Waals surface area (Å²) >= 11 is 0. The number of alkyl halides is 1. The Hall–Kier alpha value is -0.840. The highest BCUT2D eigenvalue weighted by atomic mass is 19.1. The number of likely N-dealkylation sites (tertiary alicyclic amines) is 1. The molecule has 2 aliphatic rings. The van der Waals surface area contributed by atoms with Crippen LogP contribution in [0.3, 0.4) is 0 Å². The molecule has 1 heterocycles. The number of aliphatic hydroxyl groups excluding tert-OH is 1. The number of amides is 1. The highest BCUT2D eigenvalue weighted by Gasteiger charge is 2.50. The molecule has 19 heavy (non-hydrogen) atoms. The molecule has 110 valence electrons. The van der Waals surface area contributed by atoms with Crippen molar-refractivity contribution in [2.24, 2.45) is 5.41 Å². The van der Waals surface area contributed by atoms with Crippen LogP contribution in [0.2, 0.25) is 0 Å². The lowest BCUT2D eigenvalue weighted by Gasteiger charge is -2.41. The van der Waals surface area contributed by atoms with E-state index in [2.05, 4.69) is 0 Å². The predicted molar refractivity (Wildman–Crippen MR) is 69.6 cm³/mol. The van der Waals surface area contributed by atoms with E-state index >= 15 is 0 Å². The van der Waals surface area contributed by atoms with Gasteiger partial charge in [0, 0.05) is 18.5 Å². The first kappa shape index (κ1) is 14.6. The van der Waals surface area contributed by atoms with Crippen LogP contribution in [0.4, 0.5) is 9.18 Å². The van der Waals surface area contributed by atoms with Crippen molar-refractivity contribution in [1.82, 2.24) is 4.90 Å². The number of hydrogen-bond acceptors (Lipinski definition) is 3. The number of rotatable bonds is 0. The van der Waals surface area contributed by atoms with Gasteiger partial charge in [-0.3, -0.25) is 0 Å². The van der Waals surface area contributed by atoms with Gasteiger partial charge < -0.3 is 14.7 Å². The molecule has 1 amide bonds. The summed E-state index contributed by atoms with van der Waals surface area (Å²) < 4.78 is 18.8. The van der Waals surface area contributed by atoms with Gasteiger partial charge in [0.05, 0.1) is 6.10 Å². The Balaban J connectivity index is 1.91. The third-order valence-electron chi connectivity index (χ3n) is 4.30. The summed E-state index contributed by atoms with van der Waals surface area (Å²) in [6, 6.07) is 0. The third-order valence-corrected chi connectivity index (χ3v) is 4.30. The standard InChI is InChI=1S/C14H24FNO3/c1-13(2,3)19-12(18)16-8-6-14(7-9-16)5-4-10(15)11(14)17/h10-11,17H,4-9H2,1-3H3. The van der Waals surface area contributed by atoms with Crippen LogP contribution in [0.25, 0.3) is 0 Å². The van der Waals surface area contributed by atoms with Crippen molar-refractivity contribution in [3.8, 4) is 0 Å². The summed E-state index contributed by atoms with van der Waals surface area (Å²) in [7, 11) is 0. The minimum absolute atomic E-state index is 0.313. The summed E-state index contributed by atoms with van der Waals surface area (Å²) in [5, 5.41) is 9.97. The Morgan fingerprint density at radius 1 is 1.32 bits per heavy atom. The molecule has 1 aliphatic carbocycles. The normalized spacial score (nSPS) is 30.7. The lowest BCUT2D eigenvalue weighted by atomic mass is 9.75. The molecule has 0 aromatic heterocycles. The summed E-state index contributed by atoms with van der Waals surface area (Å²) in [5.74, 6) is 0. The molecule has 2 fully saturated rings. The van der Waals surface area contributed by atoms with E-state index in [1.807, 2.05) is 20.8 Å². The van der Waals surface area contributed by atoms with Gasteiger partial charge >= 0.3 is 6.09 Å². The maximum atomic E-state index is 13.5. The van der Waals surface area contributed by atoms with Gasteiger partial charge in [0.15, 0.2) is 0 Å². The van der Waals surface area contributed by atoms with Crippen molar-refractivity contribution in [1.29, 1.82) is 0 Å². The molecule has 1 aliphatic heterocycles. The first-order valence-electron chi connectivity index (χ1n) is 7.04. The number of aliphatic hydroxyl groups is 1. The molecule has 0 radical (unpaired) electrons. The van der Waals surface area contributed by atoms with Gasteiger partial charge in [-0.1, -0.05) is 0 Å². The zero-order valence-electron chi connectivity index (χ0n) is 12.0. The second-order valence-electron chi connectivity index (χ2n) is 6.83. The van der Waals surface area contributed by atoms with Gasteiger partial charge in [-0.05, 0) is 46.5 Å². The molecule has 1 spiro atoms. The van der Waals surface area contributed by atoms with Crippen LogP contribution in [-0.2, 0) is 4.74 Å². The topological polar surface area (TPSA) is 49.8 Å². The molecule has 2 atom stereocenters. The fraction of sp³-hybridized carbons (Fsp3) is 0.929. The average Bonchev–Trinajstić information content (AvgIpc) is 2.57. The van der Waals surface area contributed by atoms with Crippen molar-refractivity contribution in [2.45, 2.75) is 64.3 Å². The highest BCUT2D eigenvalue weighted by Crippen LogP contribution is 2.47. The Kier molecular flexibility index (Phi) is 3.78. The van der Waals surface area contributed by atoms with Gasteiger partial charge in [-0.15, -0.1) is 0 Å². The van der Waals surface area contributed by atoms with E-state index < -0.39 is 17.9 Å². The molecule has 1 saturated heterocycles. The quantitative estimate of drug-likeness (QED) is 0.737. The van der Waals surface area contributed by atoms with E-state index in [0.29, 0.717) is 32.4 Å². The monoisotopic (exact) mass is 273 g/mol. The second-order valence-corrected chi connectivity index (χ2v) is 6.83. The number of piperidine rings is 1. The number of carbonyl (C=O) groups is 1. The summed E-state index contributed by atoms with van der Waals surface area (Å²) in [6.07, 6.45) is 0.195. The Bertz CT molecular complexity index is 345. The van der Waals surface area contributed by atoms with E-state index in [0.717, 1.165) is 6.42 Å². The van der Waals surface area contributed by atoms with E-state index in [1.165, 1.54) is 0 Å². The maximum absolute atomic E-state index is 13.5. The van der Waals surface area contributed by atoms with Crippen molar-refractivity contribution in [2.75, 3.05) is 13.1 Å². The van der Waals surface area contributed by atoms with Gasteiger partial charge in [-0.25, -0.2) is 9.18 Å². The van der Waals surface area contributed by atoms with Crippen LogP contribution >= 0.6 is 0 Å². The van der Waals surface area contributed by atoms with Crippen molar-refractivity contribution < 1.29 is 19.0 Å². The molecule has 2 rings (SSSR count). The minimum Gasteiger partial charge on any atom is -0.444 e.